The average Bonchev–Trinajstić information content (AvgIpc) is 2.95. The molecule has 0 bridgehead atoms. The number of aromatic nitrogens is 3. The highest BCUT2D eigenvalue weighted by Gasteiger charge is 2.22. The van der Waals surface area contributed by atoms with E-state index in [1.54, 1.807) is 20.8 Å². The predicted molar refractivity (Wildman–Crippen MR) is 90.1 cm³/mol. The number of para-hydroxylation sites is 1. The summed E-state index contributed by atoms with van der Waals surface area (Å²) in [6.45, 7) is 7.01. The van der Waals surface area contributed by atoms with E-state index in [1.165, 1.54) is 0 Å². The predicted octanol–water partition coefficient (Wildman–Crippen LogP) is 2.51. The average molecular weight is 326 g/mol. The van der Waals surface area contributed by atoms with Crippen LogP contribution in [0.2, 0.25) is 0 Å². The van der Waals surface area contributed by atoms with Gasteiger partial charge in [0.15, 0.2) is 5.52 Å². The minimum atomic E-state index is -0.780. The fourth-order valence-electron chi connectivity index (χ4n) is 2.63. The molecule has 0 aliphatic heterocycles. The molecule has 1 atom stereocenters. The summed E-state index contributed by atoms with van der Waals surface area (Å²) in [4.78, 5) is 25.1. The van der Waals surface area contributed by atoms with Crippen molar-refractivity contribution in [1.82, 2.24) is 14.9 Å². The van der Waals surface area contributed by atoms with Crippen LogP contribution in [0.1, 0.15) is 30.0 Å². The SMILES string of the molecule is Cc1ccccc1NC(=O)C(C)n1nc(C)c2c(C)onc2c1=O. The Balaban J connectivity index is 1.98. The van der Waals surface area contributed by atoms with E-state index in [2.05, 4.69) is 15.6 Å². The lowest BCUT2D eigenvalue weighted by molar-refractivity contribution is -0.119. The highest BCUT2D eigenvalue weighted by molar-refractivity contribution is 5.94. The molecule has 0 saturated carbocycles. The molecule has 2 heterocycles. The summed E-state index contributed by atoms with van der Waals surface area (Å²) in [5.41, 5.74) is 1.99. The number of rotatable bonds is 3. The summed E-state index contributed by atoms with van der Waals surface area (Å²) in [6.07, 6.45) is 0. The number of carbonyl (C=O) groups excluding carboxylic acids is 1. The van der Waals surface area contributed by atoms with E-state index in [9.17, 15) is 9.59 Å². The van der Waals surface area contributed by atoms with Crippen molar-refractivity contribution in [2.24, 2.45) is 0 Å². The van der Waals surface area contributed by atoms with Crippen LogP contribution in [-0.2, 0) is 4.79 Å². The van der Waals surface area contributed by atoms with Crippen molar-refractivity contribution in [3.63, 3.8) is 0 Å². The molecule has 0 aliphatic carbocycles. The maximum absolute atomic E-state index is 12.6. The van der Waals surface area contributed by atoms with Crippen LogP contribution in [0.15, 0.2) is 33.6 Å². The number of nitrogens with zero attached hydrogens (tertiary/aromatic N) is 3. The number of anilines is 1. The number of fused-ring (bicyclic) bond motifs is 1. The second-order valence-electron chi connectivity index (χ2n) is 5.78. The lowest BCUT2D eigenvalue weighted by Crippen LogP contribution is -2.34. The van der Waals surface area contributed by atoms with E-state index < -0.39 is 11.6 Å². The number of aryl methyl sites for hydroxylation is 3. The van der Waals surface area contributed by atoms with Gasteiger partial charge < -0.3 is 9.84 Å². The van der Waals surface area contributed by atoms with Gasteiger partial charge >= 0.3 is 0 Å². The summed E-state index contributed by atoms with van der Waals surface area (Å²) in [5.74, 6) is 0.217. The van der Waals surface area contributed by atoms with E-state index >= 15 is 0 Å². The standard InChI is InChI=1S/C17H18N4O3/c1-9-7-5-6-8-13(9)18-16(22)11(3)21-17(23)15-14(10(2)19-21)12(4)24-20-15/h5-8,11H,1-4H3,(H,18,22). The van der Waals surface area contributed by atoms with Gasteiger partial charge in [0.05, 0.1) is 11.1 Å². The normalized spacial score (nSPS) is 12.3. The van der Waals surface area contributed by atoms with Gasteiger partial charge in [-0.1, -0.05) is 23.4 Å². The van der Waals surface area contributed by atoms with Crippen molar-refractivity contribution < 1.29 is 9.32 Å². The number of hydrogen-bond donors (Lipinski definition) is 1. The van der Waals surface area contributed by atoms with Gasteiger partial charge in [-0.15, -0.1) is 0 Å². The van der Waals surface area contributed by atoms with Crippen molar-refractivity contribution in [1.29, 1.82) is 0 Å². The first-order chi connectivity index (χ1) is 11.4. The third kappa shape index (κ3) is 2.58. The van der Waals surface area contributed by atoms with Gasteiger partial charge in [0, 0.05) is 5.69 Å². The molecule has 124 valence electrons. The molecule has 24 heavy (non-hydrogen) atoms. The minimum absolute atomic E-state index is 0.190. The fraction of sp³-hybridized carbons (Fsp3) is 0.294. The Kier molecular flexibility index (Phi) is 3.92. The molecule has 3 rings (SSSR count). The zero-order chi connectivity index (χ0) is 17.4. The highest BCUT2D eigenvalue weighted by Crippen LogP contribution is 2.19. The van der Waals surface area contributed by atoms with E-state index in [4.69, 9.17) is 4.52 Å². The quantitative estimate of drug-likeness (QED) is 0.798. The number of nitrogens with one attached hydrogen (secondary N) is 1. The Morgan fingerprint density at radius 1 is 1.25 bits per heavy atom. The van der Waals surface area contributed by atoms with E-state index in [0.29, 0.717) is 22.5 Å². The molecule has 1 aromatic carbocycles. The lowest BCUT2D eigenvalue weighted by Gasteiger charge is -2.15. The Bertz CT molecular complexity index is 987. The van der Waals surface area contributed by atoms with E-state index in [1.807, 2.05) is 31.2 Å². The van der Waals surface area contributed by atoms with Gasteiger partial charge in [-0.05, 0) is 39.3 Å². The largest absolute Gasteiger partial charge is 0.360 e. The van der Waals surface area contributed by atoms with Crippen LogP contribution in [0.5, 0.6) is 0 Å². The van der Waals surface area contributed by atoms with E-state index in [0.717, 1.165) is 10.2 Å². The summed E-state index contributed by atoms with van der Waals surface area (Å²) in [6, 6.07) is 6.67. The van der Waals surface area contributed by atoms with Crippen LogP contribution in [0.3, 0.4) is 0 Å². The van der Waals surface area contributed by atoms with Crippen LogP contribution in [0, 0.1) is 20.8 Å². The molecule has 7 heteroatoms. The van der Waals surface area contributed by atoms with Gasteiger partial charge in [-0.3, -0.25) is 9.59 Å². The molecular formula is C17H18N4O3. The zero-order valence-corrected chi connectivity index (χ0v) is 14.0. The van der Waals surface area contributed by atoms with Gasteiger partial charge in [-0.2, -0.15) is 5.10 Å². The van der Waals surface area contributed by atoms with Crippen molar-refractivity contribution in [2.45, 2.75) is 33.7 Å². The van der Waals surface area contributed by atoms with Crippen molar-refractivity contribution in [3.05, 3.63) is 51.6 Å². The maximum atomic E-state index is 12.6. The molecule has 0 spiro atoms. The summed E-state index contributed by atoms with van der Waals surface area (Å²) in [5, 5.41) is 11.5. The van der Waals surface area contributed by atoms with Gasteiger partial charge in [-0.25, -0.2) is 4.68 Å². The highest BCUT2D eigenvalue weighted by atomic mass is 16.5. The van der Waals surface area contributed by atoms with Crippen molar-refractivity contribution >= 4 is 22.5 Å². The zero-order valence-electron chi connectivity index (χ0n) is 14.0. The Labute approximate surface area is 138 Å². The lowest BCUT2D eigenvalue weighted by atomic mass is 10.2. The van der Waals surface area contributed by atoms with Crippen LogP contribution < -0.4 is 10.9 Å². The molecule has 7 nitrogen and oxygen atoms in total. The van der Waals surface area contributed by atoms with Crippen molar-refractivity contribution in [2.75, 3.05) is 5.32 Å². The minimum Gasteiger partial charge on any atom is -0.360 e. The van der Waals surface area contributed by atoms with Gasteiger partial charge in [0.25, 0.3) is 5.56 Å². The monoisotopic (exact) mass is 326 g/mol. The third-order valence-electron chi connectivity index (χ3n) is 4.04. The van der Waals surface area contributed by atoms with Crippen molar-refractivity contribution in [3.8, 4) is 0 Å². The van der Waals surface area contributed by atoms with E-state index in [-0.39, 0.29) is 11.4 Å². The number of carbonyl (C=O) groups is 1. The molecule has 2 aromatic heterocycles. The Morgan fingerprint density at radius 3 is 2.67 bits per heavy atom. The smallest absolute Gasteiger partial charge is 0.297 e. The molecule has 0 aliphatic rings. The number of hydrogen-bond acceptors (Lipinski definition) is 5. The molecular weight excluding hydrogens is 308 g/mol. The molecule has 1 unspecified atom stereocenters. The molecule has 3 aromatic rings. The van der Waals surface area contributed by atoms with Crippen LogP contribution in [0.4, 0.5) is 5.69 Å². The van der Waals surface area contributed by atoms with Gasteiger partial charge in [0.2, 0.25) is 5.91 Å². The summed E-state index contributed by atoms with van der Waals surface area (Å²) >= 11 is 0. The molecule has 1 amide bonds. The maximum Gasteiger partial charge on any atom is 0.297 e. The Hall–Kier alpha value is -2.96. The summed E-state index contributed by atoms with van der Waals surface area (Å²) in [7, 11) is 0. The van der Waals surface area contributed by atoms with Crippen LogP contribution in [-0.4, -0.2) is 20.8 Å². The first-order valence-corrected chi connectivity index (χ1v) is 7.62. The third-order valence-corrected chi connectivity index (χ3v) is 4.04. The first-order valence-electron chi connectivity index (χ1n) is 7.62. The van der Waals surface area contributed by atoms with Crippen LogP contribution in [0.25, 0.3) is 10.9 Å². The number of benzene rings is 1. The number of amides is 1. The fourth-order valence-corrected chi connectivity index (χ4v) is 2.63. The molecule has 1 N–H and O–H groups in total. The first kappa shape index (κ1) is 15.9. The second-order valence-corrected chi connectivity index (χ2v) is 5.78. The molecule has 0 radical (unpaired) electrons. The summed E-state index contributed by atoms with van der Waals surface area (Å²) < 4.78 is 6.23. The molecule has 0 saturated heterocycles. The van der Waals surface area contributed by atoms with Crippen LogP contribution >= 0.6 is 0 Å². The topological polar surface area (TPSA) is 90.0 Å². The molecule has 0 fully saturated rings. The Morgan fingerprint density at radius 2 is 1.96 bits per heavy atom. The van der Waals surface area contributed by atoms with Gasteiger partial charge in [0.1, 0.15) is 11.8 Å². The second kappa shape index (κ2) is 5.92.